The lowest BCUT2D eigenvalue weighted by Gasteiger charge is -2.19. The van der Waals surface area contributed by atoms with E-state index in [-0.39, 0.29) is 29.7 Å². The Kier molecular flexibility index (Phi) is 5.90. The summed E-state index contributed by atoms with van der Waals surface area (Å²) in [5.41, 5.74) is 1.80. The van der Waals surface area contributed by atoms with Crippen LogP contribution in [0.1, 0.15) is 18.4 Å². The van der Waals surface area contributed by atoms with Crippen LogP contribution in [-0.2, 0) is 16.6 Å². The van der Waals surface area contributed by atoms with E-state index in [0.29, 0.717) is 19.5 Å². The zero-order chi connectivity index (χ0) is 14.7. The van der Waals surface area contributed by atoms with Crippen LogP contribution in [0.4, 0.5) is 5.69 Å². The van der Waals surface area contributed by atoms with Gasteiger partial charge in [0.1, 0.15) is 0 Å². The number of hydrogen-bond acceptors (Lipinski definition) is 5. The molecule has 122 valence electrons. The van der Waals surface area contributed by atoms with E-state index in [0.717, 1.165) is 36.7 Å². The molecule has 1 fully saturated rings. The molecule has 0 aromatic heterocycles. The van der Waals surface area contributed by atoms with Gasteiger partial charge in [0.25, 0.3) is 0 Å². The van der Waals surface area contributed by atoms with E-state index in [2.05, 4.69) is 15.6 Å². The molecule has 0 aliphatic carbocycles. The van der Waals surface area contributed by atoms with E-state index in [4.69, 9.17) is 0 Å². The Labute approximate surface area is 148 Å². The zero-order valence-corrected chi connectivity index (χ0v) is 15.4. The first-order valence-corrected chi connectivity index (χ1v) is 8.88. The molecule has 0 amide bonds. The largest absolute Gasteiger partial charge is 0.356 e. The van der Waals surface area contributed by atoms with Crippen LogP contribution >= 0.6 is 24.0 Å². The lowest BCUT2D eigenvalue weighted by atomic mass is 10.2. The van der Waals surface area contributed by atoms with Crippen molar-refractivity contribution in [3.63, 3.8) is 0 Å². The maximum atomic E-state index is 12.0. The highest BCUT2D eigenvalue weighted by Gasteiger charge is 2.28. The first kappa shape index (κ1) is 17.3. The summed E-state index contributed by atoms with van der Waals surface area (Å²) in [6.45, 7) is 3.00. The molecule has 6 nitrogen and oxygen atoms in total. The number of guanidine groups is 1. The zero-order valence-electron chi connectivity index (χ0n) is 12.3. The third-order valence-corrected chi connectivity index (χ3v) is 5.52. The number of benzene rings is 1. The van der Waals surface area contributed by atoms with Gasteiger partial charge in [-0.15, -0.1) is 24.0 Å². The third kappa shape index (κ3) is 4.03. The Morgan fingerprint density at radius 1 is 1.32 bits per heavy atom. The number of halogens is 1. The minimum Gasteiger partial charge on any atom is -0.356 e. The van der Waals surface area contributed by atoms with E-state index in [1.807, 2.05) is 24.3 Å². The molecule has 2 aliphatic rings. The number of rotatable bonds is 3. The molecule has 0 atom stereocenters. The predicted molar refractivity (Wildman–Crippen MR) is 99.4 cm³/mol. The SMILES string of the molecule is I.O=S1(=O)CCCN1c1cccc(CNC2=NCCCN2)c1. The van der Waals surface area contributed by atoms with E-state index in [9.17, 15) is 8.42 Å². The monoisotopic (exact) mass is 436 g/mol. The van der Waals surface area contributed by atoms with Gasteiger partial charge in [0, 0.05) is 26.2 Å². The maximum Gasteiger partial charge on any atom is 0.235 e. The van der Waals surface area contributed by atoms with Gasteiger partial charge < -0.3 is 10.6 Å². The second-order valence-electron chi connectivity index (χ2n) is 5.28. The van der Waals surface area contributed by atoms with Crippen molar-refractivity contribution >= 4 is 45.6 Å². The molecule has 0 bridgehead atoms. The first-order chi connectivity index (χ1) is 10.1. The van der Waals surface area contributed by atoms with Crippen molar-refractivity contribution in [3.8, 4) is 0 Å². The normalized spacial score (nSPS) is 19.8. The number of aliphatic imine (C=N–C) groups is 1. The van der Waals surface area contributed by atoms with Crippen molar-refractivity contribution < 1.29 is 8.42 Å². The molecule has 0 unspecified atom stereocenters. The van der Waals surface area contributed by atoms with Crippen LogP contribution in [-0.4, -0.2) is 39.8 Å². The fraction of sp³-hybridized carbons (Fsp3) is 0.500. The second kappa shape index (κ2) is 7.49. The molecule has 8 heteroatoms. The van der Waals surface area contributed by atoms with Gasteiger partial charge in [-0.05, 0) is 30.5 Å². The Hall–Kier alpha value is -1.03. The summed E-state index contributed by atoms with van der Waals surface area (Å²) in [4.78, 5) is 4.36. The molecular formula is C14H21IN4O2S. The Balaban J connectivity index is 0.00000176. The fourth-order valence-corrected chi connectivity index (χ4v) is 4.14. The minimum atomic E-state index is -3.12. The summed E-state index contributed by atoms with van der Waals surface area (Å²) in [6.07, 6.45) is 1.76. The van der Waals surface area contributed by atoms with Crippen LogP contribution in [0.25, 0.3) is 0 Å². The Morgan fingerprint density at radius 2 is 2.18 bits per heavy atom. The first-order valence-electron chi connectivity index (χ1n) is 7.27. The lowest BCUT2D eigenvalue weighted by Crippen LogP contribution is -2.40. The van der Waals surface area contributed by atoms with Crippen molar-refractivity contribution in [1.82, 2.24) is 10.6 Å². The highest BCUT2D eigenvalue weighted by molar-refractivity contribution is 14.0. The van der Waals surface area contributed by atoms with Gasteiger partial charge in [0.05, 0.1) is 11.4 Å². The summed E-state index contributed by atoms with van der Waals surface area (Å²) in [5.74, 6) is 1.07. The molecule has 1 saturated heterocycles. The smallest absolute Gasteiger partial charge is 0.235 e. The minimum absolute atomic E-state index is 0. The molecule has 2 heterocycles. The van der Waals surface area contributed by atoms with Gasteiger partial charge in [0.2, 0.25) is 10.0 Å². The van der Waals surface area contributed by atoms with Gasteiger partial charge >= 0.3 is 0 Å². The van der Waals surface area contributed by atoms with Crippen molar-refractivity contribution in [2.45, 2.75) is 19.4 Å². The molecular weight excluding hydrogens is 415 g/mol. The van der Waals surface area contributed by atoms with Gasteiger partial charge in [-0.25, -0.2) is 8.42 Å². The molecule has 0 radical (unpaired) electrons. The molecule has 2 N–H and O–H groups in total. The lowest BCUT2D eigenvalue weighted by molar-refractivity contribution is 0.599. The summed E-state index contributed by atoms with van der Waals surface area (Å²) in [5, 5.41) is 6.45. The molecule has 1 aromatic carbocycles. The van der Waals surface area contributed by atoms with Crippen molar-refractivity contribution in [2.75, 3.05) is 29.7 Å². The predicted octanol–water partition coefficient (Wildman–Crippen LogP) is 1.28. The van der Waals surface area contributed by atoms with Crippen LogP contribution in [0.15, 0.2) is 29.3 Å². The summed E-state index contributed by atoms with van der Waals surface area (Å²) in [7, 11) is -3.12. The van der Waals surface area contributed by atoms with Gasteiger partial charge in [-0.2, -0.15) is 0 Å². The van der Waals surface area contributed by atoms with Gasteiger partial charge in [-0.1, -0.05) is 12.1 Å². The number of anilines is 1. The van der Waals surface area contributed by atoms with E-state index in [1.165, 1.54) is 4.31 Å². The summed E-state index contributed by atoms with van der Waals surface area (Å²) < 4.78 is 25.4. The van der Waals surface area contributed by atoms with Crippen LogP contribution in [0, 0.1) is 0 Å². The van der Waals surface area contributed by atoms with E-state index in [1.54, 1.807) is 0 Å². The highest BCUT2D eigenvalue weighted by atomic mass is 127. The molecule has 1 aromatic rings. The molecule has 22 heavy (non-hydrogen) atoms. The van der Waals surface area contributed by atoms with Crippen molar-refractivity contribution in [3.05, 3.63) is 29.8 Å². The van der Waals surface area contributed by atoms with E-state index >= 15 is 0 Å². The van der Waals surface area contributed by atoms with Crippen molar-refractivity contribution in [1.29, 1.82) is 0 Å². The van der Waals surface area contributed by atoms with E-state index < -0.39 is 10.0 Å². The van der Waals surface area contributed by atoms with Crippen LogP contribution in [0.2, 0.25) is 0 Å². The molecule has 0 saturated carbocycles. The van der Waals surface area contributed by atoms with Crippen LogP contribution < -0.4 is 14.9 Å². The quantitative estimate of drug-likeness (QED) is 0.701. The summed E-state index contributed by atoms with van der Waals surface area (Å²) >= 11 is 0. The van der Waals surface area contributed by atoms with Crippen LogP contribution in [0.5, 0.6) is 0 Å². The Bertz CT molecular complexity index is 648. The van der Waals surface area contributed by atoms with Gasteiger partial charge in [0.15, 0.2) is 5.96 Å². The van der Waals surface area contributed by atoms with Crippen molar-refractivity contribution in [2.24, 2.45) is 4.99 Å². The number of sulfonamides is 1. The number of hydrogen-bond donors (Lipinski definition) is 2. The third-order valence-electron chi connectivity index (χ3n) is 3.66. The molecule has 2 aliphatic heterocycles. The topological polar surface area (TPSA) is 73.8 Å². The number of nitrogens with zero attached hydrogens (tertiary/aromatic N) is 2. The average molecular weight is 436 g/mol. The standard InChI is InChI=1S/C14H20N4O2S.HI/c19-21(20)9-3-8-18(21)13-5-1-4-12(10-13)11-17-14-15-6-2-7-16-14;/h1,4-5,10H,2-3,6-9,11H2,(H2,15,16,17);1H. The highest BCUT2D eigenvalue weighted by Crippen LogP contribution is 2.24. The molecule has 3 rings (SSSR count). The van der Waals surface area contributed by atoms with Crippen LogP contribution in [0.3, 0.4) is 0 Å². The summed E-state index contributed by atoms with van der Waals surface area (Å²) in [6, 6.07) is 7.67. The van der Waals surface area contributed by atoms with Gasteiger partial charge in [-0.3, -0.25) is 9.30 Å². The number of nitrogens with one attached hydrogen (secondary N) is 2. The average Bonchev–Trinajstić information content (AvgIpc) is 2.86. The Morgan fingerprint density at radius 3 is 2.86 bits per heavy atom. The maximum absolute atomic E-state index is 12.0. The second-order valence-corrected chi connectivity index (χ2v) is 7.29. The molecule has 0 spiro atoms. The fourth-order valence-electron chi connectivity index (χ4n) is 2.59.